The Labute approximate surface area is 118 Å². The highest BCUT2D eigenvalue weighted by molar-refractivity contribution is 5.68. The number of halogens is 2. The summed E-state index contributed by atoms with van der Waals surface area (Å²) in [5.74, 6) is 0. The lowest BCUT2D eigenvalue weighted by Crippen LogP contribution is -2.40. The maximum Gasteiger partial charge on any atom is 0.407 e. The molecule has 1 saturated carbocycles. The van der Waals surface area contributed by atoms with Crippen LogP contribution in [0.2, 0.25) is 0 Å². The quantitative estimate of drug-likeness (QED) is 0.721. The van der Waals surface area contributed by atoms with E-state index in [1.807, 2.05) is 0 Å². The number of hydrogen-bond donors (Lipinski definition) is 3. The van der Waals surface area contributed by atoms with E-state index >= 15 is 0 Å². The second kappa shape index (κ2) is 7.17. The van der Waals surface area contributed by atoms with Crippen LogP contribution in [0.25, 0.3) is 0 Å². The molecule has 3 unspecified atom stereocenters. The average Bonchev–Trinajstić information content (AvgIpc) is 2.70. The van der Waals surface area contributed by atoms with Gasteiger partial charge >= 0.3 is 6.09 Å². The molecule has 7 heteroatoms. The highest BCUT2D eigenvalue weighted by atomic mass is 19.3. The van der Waals surface area contributed by atoms with Gasteiger partial charge in [0.25, 0.3) is 6.43 Å². The Kier molecular flexibility index (Phi) is 6.13. The summed E-state index contributed by atoms with van der Waals surface area (Å²) in [7, 11) is 0. The van der Waals surface area contributed by atoms with E-state index in [4.69, 9.17) is 9.84 Å². The summed E-state index contributed by atoms with van der Waals surface area (Å²) >= 11 is 0. The van der Waals surface area contributed by atoms with Crippen LogP contribution in [0.3, 0.4) is 0 Å². The topological polar surface area (TPSA) is 70.6 Å². The predicted molar refractivity (Wildman–Crippen MR) is 70.8 cm³/mol. The van der Waals surface area contributed by atoms with E-state index in [1.165, 1.54) is 0 Å². The summed E-state index contributed by atoms with van der Waals surface area (Å²) in [4.78, 5) is 11.6. The first kappa shape index (κ1) is 17.1. The predicted octanol–water partition coefficient (Wildman–Crippen LogP) is 1.65. The van der Waals surface area contributed by atoms with Crippen LogP contribution in [-0.2, 0) is 4.74 Å². The van der Waals surface area contributed by atoms with Crippen LogP contribution in [0.1, 0.15) is 40.0 Å². The van der Waals surface area contributed by atoms with Gasteiger partial charge in [0.15, 0.2) is 0 Å². The first-order valence-electron chi connectivity index (χ1n) is 6.86. The molecule has 0 heterocycles. The van der Waals surface area contributed by atoms with Crippen LogP contribution in [0.5, 0.6) is 0 Å². The number of ether oxygens (including phenoxy) is 1. The van der Waals surface area contributed by atoms with Crippen molar-refractivity contribution in [3.8, 4) is 0 Å². The molecule has 0 aromatic carbocycles. The summed E-state index contributed by atoms with van der Waals surface area (Å²) in [5, 5.41) is 14.7. The van der Waals surface area contributed by atoms with Crippen molar-refractivity contribution in [1.29, 1.82) is 0 Å². The number of amides is 1. The van der Waals surface area contributed by atoms with Crippen molar-refractivity contribution in [3.63, 3.8) is 0 Å². The van der Waals surface area contributed by atoms with Gasteiger partial charge in [-0.2, -0.15) is 0 Å². The molecule has 3 N–H and O–H groups in total. The molecule has 0 aromatic heterocycles. The van der Waals surface area contributed by atoms with Gasteiger partial charge in [0.05, 0.1) is 0 Å². The summed E-state index contributed by atoms with van der Waals surface area (Å²) in [5.41, 5.74) is -0.540. The molecule has 1 rings (SSSR count). The number of alkyl carbamates (subject to hydrolysis) is 1. The molecule has 0 aliphatic heterocycles. The van der Waals surface area contributed by atoms with E-state index < -0.39 is 24.2 Å². The minimum absolute atomic E-state index is 0.0222. The van der Waals surface area contributed by atoms with Gasteiger partial charge in [-0.3, -0.25) is 0 Å². The molecule has 0 spiro atoms. The lowest BCUT2D eigenvalue weighted by atomic mass is 10.2. The summed E-state index contributed by atoms with van der Waals surface area (Å²) in [6, 6.07) is 0.00868. The van der Waals surface area contributed by atoms with Gasteiger partial charge in [-0.15, -0.1) is 0 Å². The molecule has 1 aliphatic carbocycles. The minimum atomic E-state index is -2.74. The fraction of sp³-hybridized carbons (Fsp3) is 0.923. The second-order valence-electron chi connectivity index (χ2n) is 6.16. The minimum Gasteiger partial charge on any atom is -0.444 e. The van der Waals surface area contributed by atoms with E-state index in [1.54, 1.807) is 20.8 Å². The summed E-state index contributed by atoms with van der Waals surface area (Å²) in [6.07, 6.45) is -2.66. The van der Waals surface area contributed by atoms with E-state index in [0.29, 0.717) is 6.42 Å². The summed E-state index contributed by atoms with van der Waals surface area (Å²) < 4.78 is 29.4. The van der Waals surface area contributed by atoms with E-state index in [0.717, 1.165) is 12.8 Å². The molecule has 3 atom stereocenters. The van der Waals surface area contributed by atoms with Gasteiger partial charge in [0, 0.05) is 18.6 Å². The van der Waals surface area contributed by atoms with Crippen LogP contribution in [0.4, 0.5) is 13.6 Å². The normalized spacial score (nSPS) is 24.8. The molecular weight excluding hydrogens is 270 g/mol. The van der Waals surface area contributed by atoms with Gasteiger partial charge in [-0.05, 0) is 40.0 Å². The van der Waals surface area contributed by atoms with Crippen LogP contribution in [0.15, 0.2) is 0 Å². The number of hydrogen-bond acceptors (Lipinski definition) is 4. The maximum atomic E-state index is 12.1. The zero-order chi connectivity index (χ0) is 15.3. The third kappa shape index (κ3) is 6.47. The van der Waals surface area contributed by atoms with Gasteiger partial charge in [-0.1, -0.05) is 0 Å². The second-order valence-corrected chi connectivity index (χ2v) is 6.16. The standard InChI is InChI=1S/C13H24F2N2O3/c1-13(2,3)20-12(19)17-9-5-4-8(6-9)16-7-10(18)11(14)15/h8-11,16,18H,4-7H2,1-3H3,(H,17,19). The number of carbonyl (C=O) groups is 1. The molecule has 118 valence electrons. The SMILES string of the molecule is CC(C)(C)OC(=O)NC1CCC(NCC(O)C(F)F)C1. The maximum absolute atomic E-state index is 12.1. The molecule has 0 radical (unpaired) electrons. The van der Waals surface area contributed by atoms with Gasteiger partial charge < -0.3 is 20.5 Å². The Bertz CT molecular complexity index is 321. The van der Waals surface area contributed by atoms with Crippen LogP contribution in [0, 0.1) is 0 Å². The first-order chi connectivity index (χ1) is 9.17. The first-order valence-corrected chi connectivity index (χ1v) is 6.86. The third-order valence-corrected chi connectivity index (χ3v) is 3.06. The van der Waals surface area contributed by atoms with E-state index in [-0.39, 0.29) is 18.6 Å². The smallest absolute Gasteiger partial charge is 0.407 e. The zero-order valence-electron chi connectivity index (χ0n) is 12.2. The fourth-order valence-corrected chi connectivity index (χ4v) is 2.15. The zero-order valence-corrected chi connectivity index (χ0v) is 12.2. The van der Waals surface area contributed by atoms with Crippen LogP contribution in [-0.4, -0.2) is 48.0 Å². The van der Waals surface area contributed by atoms with Gasteiger partial charge in [-0.25, -0.2) is 13.6 Å². The Morgan fingerprint density at radius 1 is 1.35 bits per heavy atom. The molecule has 0 aromatic rings. The van der Waals surface area contributed by atoms with Crippen molar-refractivity contribution in [2.75, 3.05) is 6.54 Å². The Balaban J connectivity index is 2.25. The molecule has 1 fully saturated rings. The van der Waals surface area contributed by atoms with Crippen molar-refractivity contribution in [3.05, 3.63) is 0 Å². The third-order valence-electron chi connectivity index (χ3n) is 3.06. The van der Waals surface area contributed by atoms with Crippen molar-refractivity contribution in [2.24, 2.45) is 0 Å². The molecule has 1 amide bonds. The monoisotopic (exact) mass is 294 g/mol. The van der Waals surface area contributed by atoms with E-state index in [9.17, 15) is 13.6 Å². The molecule has 0 bridgehead atoms. The summed E-state index contributed by atoms with van der Waals surface area (Å²) in [6.45, 7) is 5.23. The van der Waals surface area contributed by atoms with Crippen molar-refractivity contribution >= 4 is 6.09 Å². The number of alkyl halides is 2. The number of aliphatic hydroxyl groups is 1. The van der Waals surface area contributed by atoms with Crippen LogP contribution < -0.4 is 10.6 Å². The average molecular weight is 294 g/mol. The number of rotatable bonds is 5. The molecule has 5 nitrogen and oxygen atoms in total. The highest BCUT2D eigenvalue weighted by Crippen LogP contribution is 2.20. The molecular formula is C13H24F2N2O3. The van der Waals surface area contributed by atoms with Crippen molar-refractivity contribution in [2.45, 2.75) is 70.2 Å². The molecule has 0 saturated heterocycles. The molecule has 20 heavy (non-hydrogen) atoms. The largest absolute Gasteiger partial charge is 0.444 e. The fourth-order valence-electron chi connectivity index (χ4n) is 2.15. The Morgan fingerprint density at radius 3 is 2.50 bits per heavy atom. The van der Waals surface area contributed by atoms with Gasteiger partial charge in [0.2, 0.25) is 0 Å². The molecule has 1 aliphatic rings. The number of carbonyl (C=O) groups excluding carboxylic acids is 1. The van der Waals surface area contributed by atoms with Crippen molar-refractivity contribution in [1.82, 2.24) is 10.6 Å². The van der Waals surface area contributed by atoms with Crippen LogP contribution >= 0.6 is 0 Å². The van der Waals surface area contributed by atoms with Crippen molar-refractivity contribution < 1.29 is 23.4 Å². The number of aliphatic hydroxyl groups excluding tert-OH is 1. The van der Waals surface area contributed by atoms with Gasteiger partial charge in [0.1, 0.15) is 11.7 Å². The number of nitrogens with one attached hydrogen (secondary N) is 2. The van der Waals surface area contributed by atoms with E-state index in [2.05, 4.69) is 10.6 Å². The lowest BCUT2D eigenvalue weighted by Gasteiger charge is -2.22. The lowest BCUT2D eigenvalue weighted by molar-refractivity contribution is -0.00454. The Hall–Kier alpha value is -0.950. The Morgan fingerprint density at radius 2 is 1.95 bits per heavy atom. The highest BCUT2D eigenvalue weighted by Gasteiger charge is 2.28.